The molecule has 0 spiro atoms. The highest BCUT2D eigenvalue weighted by molar-refractivity contribution is 5.96. The third kappa shape index (κ3) is 3.17. The maximum atomic E-state index is 13.5. The highest BCUT2D eigenvalue weighted by atomic mass is 19.1. The molecule has 2 aromatic rings. The number of hydrogen-bond donors (Lipinski definition) is 2. The van der Waals surface area contributed by atoms with E-state index in [0.717, 1.165) is 11.8 Å². The molecule has 0 saturated heterocycles. The van der Waals surface area contributed by atoms with Crippen molar-refractivity contribution in [2.24, 2.45) is 0 Å². The number of likely N-dealkylation sites (N-methyl/N-ethyl adjacent to an activating group) is 1. The molecule has 0 bridgehead atoms. The molecule has 2 unspecified atom stereocenters. The van der Waals surface area contributed by atoms with E-state index in [1.807, 2.05) is 6.92 Å². The minimum atomic E-state index is -0.651. The van der Waals surface area contributed by atoms with Crippen LogP contribution in [0.5, 0.6) is 0 Å². The fourth-order valence-electron chi connectivity index (χ4n) is 3.96. The second kappa shape index (κ2) is 7.42. The molecule has 3 amide bonds. The fourth-order valence-corrected chi connectivity index (χ4v) is 3.96. The minimum Gasteiger partial charge on any atom is -0.394 e. The molecule has 156 valence electrons. The van der Waals surface area contributed by atoms with Crippen molar-refractivity contribution in [3.05, 3.63) is 46.5 Å². The van der Waals surface area contributed by atoms with E-state index < -0.39 is 11.8 Å². The van der Waals surface area contributed by atoms with E-state index in [-0.39, 0.29) is 36.7 Å². The number of hydrogen-bond acceptors (Lipinski definition) is 5. The van der Waals surface area contributed by atoms with Gasteiger partial charge in [-0.05, 0) is 25.1 Å². The van der Waals surface area contributed by atoms with Gasteiger partial charge in [-0.25, -0.2) is 9.18 Å². The highest BCUT2D eigenvalue weighted by Crippen LogP contribution is 2.30. The third-order valence-corrected chi connectivity index (χ3v) is 5.75. The number of amides is 3. The number of aromatic nitrogens is 2. The first kappa shape index (κ1) is 19.8. The number of aliphatic hydroxyl groups is 1. The molecule has 0 fully saturated rings. The van der Waals surface area contributed by atoms with Crippen LogP contribution in [0.2, 0.25) is 0 Å². The zero-order valence-corrected chi connectivity index (χ0v) is 16.6. The van der Waals surface area contributed by atoms with Gasteiger partial charge in [0.2, 0.25) is 0 Å². The van der Waals surface area contributed by atoms with Crippen molar-refractivity contribution in [2.75, 3.05) is 19.0 Å². The zero-order chi connectivity index (χ0) is 21.6. The molecule has 1 aromatic carbocycles. The summed E-state index contributed by atoms with van der Waals surface area (Å²) >= 11 is 0. The number of aliphatic hydroxyl groups excluding tert-OH is 1. The molecule has 1 aromatic heterocycles. The van der Waals surface area contributed by atoms with Gasteiger partial charge in [-0.15, -0.1) is 0 Å². The quantitative estimate of drug-likeness (QED) is 0.772. The topological polar surface area (TPSA) is 114 Å². The predicted octanol–water partition coefficient (Wildman–Crippen LogP) is 1.32. The van der Waals surface area contributed by atoms with Gasteiger partial charge in [0, 0.05) is 30.8 Å². The Morgan fingerprint density at radius 3 is 2.93 bits per heavy atom. The molecule has 2 aliphatic rings. The van der Waals surface area contributed by atoms with Crippen LogP contribution in [0.4, 0.5) is 14.9 Å². The van der Waals surface area contributed by atoms with Crippen LogP contribution in [0.1, 0.15) is 34.2 Å². The number of urea groups is 1. The zero-order valence-electron chi connectivity index (χ0n) is 16.6. The van der Waals surface area contributed by atoms with Gasteiger partial charge in [0.25, 0.3) is 5.91 Å². The summed E-state index contributed by atoms with van der Waals surface area (Å²) in [4.78, 5) is 28.8. The molecule has 9 nitrogen and oxygen atoms in total. The number of fused-ring (bicyclic) bond motifs is 3. The van der Waals surface area contributed by atoms with Gasteiger partial charge in [-0.2, -0.15) is 10.4 Å². The summed E-state index contributed by atoms with van der Waals surface area (Å²) in [5.74, 6) is -0.886. The van der Waals surface area contributed by atoms with Gasteiger partial charge in [0.1, 0.15) is 17.6 Å². The number of halogens is 1. The molecule has 10 heteroatoms. The summed E-state index contributed by atoms with van der Waals surface area (Å²) < 4.78 is 15.2. The summed E-state index contributed by atoms with van der Waals surface area (Å²) in [7, 11) is 1.64. The number of benzene rings is 1. The summed E-state index contributed by atoms with van der Waals surface area (Å²) in [5, 5.41) is 25.7. The molecular weight excluding hydrogens is 391 g/mol. The Morgan fingerprint density at radius 1 is 1.47 bits per heavy atom. The van der Waals surface area contributed by atoms with E-state index in [4.69, 9.17) is 5.26 Å². The molecule has 2 N–H and O–H groups in total. The van der Waals surface area contributed by atoms with E-state index in [1.165, 1.54) is 17.0 Å². The van der Waals surface area contributed by atoms with Gasteiger partial charge in [-0.3, -0.25) is 9.48 Å². The standard InChI is InChI=1S/C20H21FN6O3/c1-11-5-17-15(18-19(29)25(2)14(10-28)8-27(18)24-17)9-26(11)20(30)23-13-3-4-16(21)12(6-13)7-22/h3-4,6,11,14,28H,5,8-10H2,1-2H3,(H,23,30). The Morgan fingerprint density at radius 2 is 2.23 bits per heavy atom. The molecule has 4 rings (SSSR count). The van der Waals surface area contributed by atoms with Crippen LogP contribution < -0.4 is 5.32 Å². The number of carbonyl (C=O) groups excluding carboxylic acids is 2. The smallest absolute Gasteiger partial charge is 0.322 e. The van der Waals surface area contributed by atoms with Gasteiger partial charge < -0.3 is 20.2 Å². The average Bonchev–Trinajstić information content (AvgIpc) is 3.08. The van der Waals surface area contributed by atoms with Crippen LogP contribution in [0.15, 0.2) is 18.2 Å². The van der Waals surface area contributed by atoms with Crippen LogP contribution in [0, 0.1) is 17.1 Å². The van der Waals surface area contributed by atoms with Crippen LogP contribution in [-0.2, 0) is 19.5 Å². The van der Waals surface area contributed by atoms with E-state index >= 15 is 0 Å². The molecule has 3 heterocycles. The van der Waals surface area contributed by atoms with Crippen molar-refractivity contribution in [2.45, 2.75) is 38.5 Å². The first-order valence-electron chi connectivity index (χ1n) is 9.57. The van der Waals surface area contributed by atoms with Crippen LogP contribution in [0.25, 0.3) is 0 Å². The Hall–Kier alpha value is -3.45. The molecule has 30 heavy (non-hydrogen) atoms. The molecular formula is C20H21FN6O3. The summed E-state index contributed by atoms with van der Waals surface area (Å²) in [5.41, 5.74) is 2.08. The number of rotatable bonds is 2. The van der Waals surface area contributed by atoms with Gasteiger partial charge in [-0.1, -0.05) is 0 Å². The SMILES string of the molecule is CC1Cc2nn3c(c2CN1C(=O)Nc1ccc(F)c(C#N)c1)C(=O)N(C)C(CO)C3. The maximum Gasteiger partial charge on any atom is 0.322 e. The van der Waals surface area contributed by atoms with Crippen LogP contribution in [-0.4, -0.2) is 62.4 Å². The molecule has 0 radical (unpaired) electrons. The van der Waals surface area contributed by atoms with Crippen molar-refractivity contribution in [3.8, 4) is 6.07 Å². The summed E-state index contributed by atoms with van der Waals surface area (Å²) in [6, 6.07) is 4.63. The lowest BCUT2D eigenvalue weighted by molar-refractivity contribution is 0.0546. The van der Waals surface area contributed by atoms with E-state index in [9.17, 15) is 19.1 Å². The molecule has 2 aliphatic heterocycles. The number of carbonyl (C=O) groups is 2. The number of anilines is 1. The summed E-state index contributed by atoms with van der Waals surface area (Å²) in [6.07, 6.45) is 0.483. The van der Waals surface area contributed by atoms with Crippen LogP contribution >= 0.6 is 0 Å². The van der Waals surface area contributed by atoms with Crippen molar-refractivity contribution in [1.29, 1.82) is 5.26 Å². The first-order chi connectivity index (χ1) is 14.3. The van der Waals surface area contributed by atoms with Crippen molar-refractivity contribution in [1.82, 2.24) is 19.6 Å². The Bertz CT molecular complexity index is 1080. The lowest BCUT2D eigenvalue weighted by Crippen LogP contribution is -2.48. The number of nitrogens with zero attached hydrogens (tertiary/aromatic N) is 5. The Balaban J connectivity index is 1.60. The third-order valence-electron chi connectivity index (χ3n) is 5.75. The predicted molar refractivity (Wildman–Crippen MR) is 104 cm³/mol. The highest BCUT2D eigenvalue weighted by Gasteiger charge is 2.38. The molecule has 0 aliphatic carbocycles. The van der Waals surface area contributed by atoms with Gasteiger partial charge in [0.15, 0.2) is 0 Å². The second-order valence-corrected chi connectivity index (χ2v) is 7.63. The molecule has 0 saturated carbocycles. The van der Waals surface area contributed by atoms with Crippen molar-refractivity contribution in [3.63, 3.8) is 0 Å². The average molecular weight is 412 g/mol. The monoisotopic (exact) mass is 412 g/mol. The number of nitrogens with one attached hydrogen (secondary N) is 1. The summed E-state index contributed by atoms with van der Waals surface area (Å²) in [6.45, 7) is 2.33. The lowest BCUT2D eigenvalue weighted by atomic mass is 9.98. The second-order valence-electron chi connectivity index (χ2n) is 7.63. The normalized spacial score (nSPS) is 20.4. The van der Waals surface area contributed by atoms with Gasteiger partial charge >= 0.3 is 6.03 Å². The minimum absolute atomic E-state index is 0.153. The van der Waals surface area contributed by atoms with Gasteiger partial charge in [0.05, 0.1) is 37.0 Å². The lowest BCUT2D eigenvalue weighted by Gasteiger charge is -2.34. The molecule has 2 atom stereocenters. The fraction of sp³-hybridized carbons (Fsp3) is 0.400. The number of nitriles is 1. The Labute approximate surface area is 172 Å². The van der Waals surface area contributed by atoms with Crippen molar-refractivity contribution < 1.29 is 19.1 Å². The van der Waals surface area contributed by atoms with Crippen LogP contribution in [0.3, 0.4) is 0 Å². The van der Waals surface area contributed by atoms with E-state index in [2.05, 4.69) is 10.4 Å². The maximum absolute atomic E-state index is 13.5. The Kier molecular flexibility index (Phi) is 4.91. The van der Waals surface area contributed by atoms with E-state index in [0.29, 0.717) is 29.9 Å². The first-order valence-corrected chi connectivity index (χ1v) is 9.57. The largest absolute Gasteiger partial charge is 0.394 e. The van der Waals surface area contributed by atoms with Crippen molar-refractivity contribution >= 4 is 17.6 Å². The van der Waals surface area contributed by atoms with E-state index in [1.54, 1.807) is 22.7 Å².